The first kappa shape index (κ1) is 13.9. The maximum atomic E-state index is 11.7. The highest BCUT2D eigenvalue weighted by atomic mass is 32.2. The molecule has 0 bridgehead atoms. The number of aryl methyl sites for hydroxylation is 1. The Morgan fingerprint density at radius 2 is 2.18 bits per heavy atom. The van der Waals surface area contributed by atoms with Crippen LogP contribution in [0.1, 0.15) is 25.8 Å². The Morgan fingerprint density at radius 3 is 2.71 bits per heavy atom. The zero-order chi connectivity index (χ0) is 12.8. The molecule has 0 heterocycles. The number of benzene rings is 1. The molecule has 0 fully saturated rings. The summed E-state index contributed by atoms with van der Waals surface area (Å²) in [6, 6.07) is 5.73. The van der Waals surface area contributed by atoms with Crippen molar-refractivity contribution < 1.29 is 9.53 Å². The van der Waals surface area contributed by atoms with Crippen molar-refractivity contribution in [3.05, 3.63) is 23.8 Å². The Hall–Kier alpha value is -1.16. The van der Waals surface area contributed by atoms with E-state index < -0.39 is 0 Å². The van der Waals surface area contributed by atoms with Crippen LogP contribution in [-0.2, 0) is 9.53 Å². The van der Waals surface area contributed by atoms with Crippen molar-refractivity contribution in [1.82, 2.24) is 0 Å². The molecule has 0 saturated heterocycles. The van der Waals surface area contributed by atoms with Crippen LogP contribution in [-0.4, -0.2) is 17.8 Å². The summed E-state index contributed by atoms with van der Waals surface area (Å²) in [6.45, 7) is 6.23. The Kier molecular flexibility index (Phi) is 5.35. The molecule has 0 spiro atoms. The first-order valence-electron chi connectivity index (χ1n) is 5.77. The molecule has 1 aromatic carbocycles. The van der Waals surface area contributed by atoms with E-state index >= 15 is 0 Å². The molecule has 2 N–H and O–H groups in total. The van der Waals surface area contributed by atoms with Gasteiger partial charge in [-0.2, -0.15) is 0 Å². The van der Waals surface area contributed by atoms with E-state index in [9.17, 15) is 4.79 Å². The van der Waals surface area contributed by atoms with Crippen molar-refractivity contribution in [3.8, 4) is 0 Å². The number of esters is 1. The number of carbonyl (C=O) groups excluding carboxylic acids is 1. The highest BCUT2D eigenvalue weighted by molar-refractivity contribution is 8.00. The summed E-state index contributed by atoms with van der Waals surface area (Å²) in [5.41, 5.74) is 7.54. The molecular weight excluding hydrogens is 234 g/mol. The molecule has 0 radical (unpaired) electrons. The van der Waals surface area contributed by atoms with Crippen LogP contribution in [0.3, 0.4) is 0 Å². The van der Waals surface area contributed by atoms with Gasteiger partial charge in [0.15, 0.2) is 0 Å². The largest absolute Gasteiger partial charge is 0.465 e. The van der Waals surface area contributed by atoms with Gasteiger partial charge in [0.2, 0.25) is 0 Å². The Balaban J connectivity index is 2.77. The maximum absolute atomic E-state index is 11.7. The minimum absolute atomic E-state index is 0.141. The summed E-state index contributed by atoms with van der Waals surface area (Å²) in [5.74, 6) is -0.142. The van der Waals surface area contributed by atoms with Gasteiger partial charge in [0.1, 0.15) is 5.25 Å². The fourth-order valence-electron chi connectivity index (χ4n) is 1.49. The third-order valence-electron chi connectivity index (χ3n) is 2.39. The van der Waals surface area contributed by atoms with Crippen molar-refractivity contribution in [2.24, 2.45) is 0 Å². The number of thioether (sulfide) groups is 1. The Morgan fingerprint density at radius 1 is 1.47 bits per heavy atom. The van der Waals surface area contributed by atoms with Gasteiger partial charge in [-0.1, -0.05) is 6.92 Å². The predicted molar refractivity (Wildman–Crippen MR) is 72.2 cm³/mol. The van der Waals surface area contributed by atoms with Gasteiger partial charge < -0.3 is 10.5 Å². The number of ether oxygens (including phenoxy) is 1. The molecule has 1 atom stereocenters. The third kappa shape index (κ3) is 3.97. The highest BCUT2D eigenvalue weighted by Crippen LogP contribution is 2.30. The molecule has 0 saturated carbocycles. The molecule has 1 aromatic rings. The third-order valence-corrected chi connectivity index (χ3v) is 3.91. The lowest BCUT2D eigenvalue weighted by Crippen LogP contribution is -2.19. The second-order valence-corrected chi connectivity index (χ2v) is 5.04. The van der Waals surface area contributed by atoms with Gasteiger partial charge in [0.05, 0.1) is 6.61 Å². The molecular formula is C13H19NO2S. The molecule has 0 aromatic heterocycles. The number of rotatable bonds is 5. The Bertz CT molecular complexity index is 393. The van der Waals surface area contributed by atoms with Crippen LogP contribution in [0, 0.1) is 6.92 Å². The average molecular weight is 253 g/mol. The normalized spacial score (nSPS) is 12.2. The lowest BCUT2D eigenvalue weighted by atomic mass is 10.2. The number of hydrogen-bond acceptors (Lipinski definition) is 4. The van der Waals surface area contributed by atoms with Crippen molar-refractivity contribution in [2.75, 3.05) is 12.3 Å². The predicted octanol–water partition coefficient (Wildman–Crippen LogP) is 3.01. The number of anilines is 1. The smallest absolute Gasteiger partial charge is 0.319 e. The standard InChI is InChI=1S/C13H19NO2S/c1-4-11(13(15)16-5-2)17-12-7-6-10(14)8-9(12)3/h6-8,11H,4-5,14H2,1-3H3. The summed E-state index contributed by atoms with van der Waals surface area (Å²) in [5, 5.41) is -0.141. The molecule has 0 aliphatic rings. The molecule has 94 valence electrons. The van der Waals surface area contributed by atoms with E-state index in [1.807, 2.05) is 39.0 Å². The van der Waals surface area contributed by atoms with Gasteiger partial charge in [-0.25, -0.2) is 0 Å². The summed E-state index contributed by atoms with van der Waals surface area (Å²) in [6.07, 6.45) is 0.757. The summed E-state index contributed by atoms with van der Waals surface area (Å²) >= 11 is 1.54. The zero-order valence-corrected chi connectivity index (χ0v) is 11.3. The van der Waals surface area contributed by atoms with Gasteiger partial charge in [-0.15, -0.1) is 11.8 Å². The molecule has 3 nitrogen and oxygen atoms in total. The van der Waals surface area contributed by atoms with Crippen molar-refractivity contribution in [1.29, 1.82) is 0 Å². The van der Waals surface area contributed by atoms with Crippen molar-refractivity contribution >= 4 is 23.4 Å². The van der Waals surface area contributed by atoms with E-state index in [1.54, 1.807) is 11.8 Å². The quantitative estimate of drug-likeness (QED) is 0.498. The van der Waals surface area contributed by atoms with Gasteiger partial charge in [0, 0.05) is 10.6 Å². The SMILES string of the molecule is CCOC(=O)C(CC)Sc1ccc(N)cc1C. The van der Waals surface area contributed by atoms with Crippen LogP contribution in [0.4, 0.5) is 5.69 Å². The van der Waals surface area contributed by atoms with E-state index in [2.05, 4.69) is 0 Å². The van der Waals surface area contributed by atoms with Crippen molar-refractivity contribution in [3.63, 3.8) is 0 Å². The van der Waals surface area contributed by atoms with Crippen LogP contribution in [0.25, 0.3) is 0 Å². The fraction of sp³-hybridized carbons (Fsp3) is 0.462. The monoisotopic (exact) mass is 253 g/mol. The molecule has 0 amide bonds. The average Bonchev–Trinajstić information content (AvgIpc) is 2.28. The highest BCUT2D eigenvalue weighted by Gasteiger charge is 2.19. The van der Waals surface area contributed by atoms with E-state index in [0.29, 0.717) is 6.61 Å². The first-order chi connectivity index (χ1) is 8.08. The molecule has 0 aliphatic carbocycles. The van der Waals surface area contributed by atoms with E-state index in [0.717, 1.165) is 22.6 Å². The molecule has 1 rings (SSSR count). The van der Waals surface area contributed by atoms with Crippen LogP contribution in [0.15, 0.2) is 23.1 Å². The van der Waals surface area contributed by atoms with Gasteiger partial charge in [-0.3, -0.25) is 4.79 Å². The molecule has 4 heteroatoms. The summed E-state index contributed by atoms with van der Waals surface area (Å²) in [4.78, 5) is 12.8. The number of nitrogens with two attached hydrogens (primary N) is 1. The molecule has 1 unspecified atom stereocenters. The second kappa shape index (κ2) is 6.55. The van der Waals surface area contributed by atoms with Crippen LogP contribution in [0.5, 0.6) is 0 Å². The van der Waals surface area contributed by atoms with Crippen LogP contribution >= 0.6 is 11.8 Å². The fourth-order valence-corrected chi connectivity index (χ4v) is 2.52. The van der Waals surface area contributed by atoms with Gasteiger partial charge >= 0.3 is 5.97 Å². The van der Waals surface area contributed by atoms with E-state index in [1.165, 1.54) is 0 Å². The van der Waals surface area contributed by atoms with E-state index in [4.69, 9.17) is 10.5 Å². The summed E-state index contributed by atoms with van der Waals surface area (Å²) in [7, 11) is 0. The minimum Gasteiger partial charge on any atom is -0.465 e. The Labute approximate surface area is 107 Å². The second-order valence-electron chi connectivity index (χ2n) is 3.79. The number of nitrogen functional groups attached to an aromatic ring is 1. The number of carbonyl (C=O) groups is 1. The lowest BCUT2D eigenvalue weighted by molar-refractivity contribution is -0.142. The van der Waals surface area contributed by atoms with Crippen LogP contribution < -0.4 is 5.73 Å². The number of hydrogen-bond donors (Lipinski definition) is 1. The minimum atomic E-state index is -0.142. The summed E-state index contributed by atoms with van der Waals surface area (Å²) < 4.78 is 5.05. The maximum Gasteiger partial charge on any atom is 0.319 e. The van der Waals surface area contributed by atoms with Gasteiger partial charge in [0.25, 0.3) is 0 Å². The van der Waals surface area contributed by atoms with Crippen LogP contribution in [0.2, 0.25) is 0 Å². The van der Waals surface area contributed by atoms with Crippen molar-refractivity contribution in [2.45, 2.75) is 37.3 Å². The van der Waals surface area contributed by atoms with Gasteiger partial charge in [-0.05, 0) is 44.0 Å². The molecule has 17 heavy (non-hydrogen) atoms. The lowest BCUT2D eigenvalue weighted by Gasteiger charge is -2.14. The van der Waals surface area contributed by atoms with E-state index in [-0.39, 0.29) is 11.2 Å². The topological polar surface area (TPSA) is 52.3 Å². The zero-order valence-electron chi connectivity index (χ0n) is 10.5. The first-order valence-corrected chi connectivity index (χ1v) is 6.65. The molecule has 0 aliphatic heterocycles.